The highest BCUT2D eigenvalue weighted by atomic mass is 19.4. The van der Waals surface area contributed by atoms with Crippen LogP contribution >= 0.6 is 0 Å². The number of carbonyl (C=O) groups is 2. The number of nitrogens with two attached hydrogens (primary N) is 1. The second-order valence-corrected chi connectivity index (χ2v) is 9.78. The van der Waals surface area contributed by atoms with E-state index in [0.29, 0.717) is 41.1 Å². The van der Waals surface area contributed by atoms with Crippen molar-refractivity contribution in [2.24, 2.45) is 5.92 Å². The Hall–Kier alpha value is -4.42. The molecule has 1 unspecified atom stereocenters. The van der Waals surface area contributed by atoms with Crippen LogP contribution in [-0.4, -0.2) is 66.4 Å². The highest BCUT2D eigenvalue weighted by molar-refractivity contribution is 6.01. The van der Waals surface area contributed by atoms with Gasteiger partial charge in [-0.05, 0) is 30.2 Å². The molecule has 0 aliphatic carbocycles. The third-order valence-electron chi connectivity index (χ3n) is 6.81. The summed E-state index contributed by atoms with van der Waals surface area (Å²) in [6.07, 6.45) is -1.91. The first-order valence-electron chi connectivity index (χ1n) is 12.4. The average Bonchev–Trinajstić information content (AvgIpc) is 3.47. The summed E-state index contributed by atoms with van der Waals surface area (Å²) in [6, 6.07) is 9.81. The summed E-state index contributed by atoms with van der Waals surface area (Å²) in [6.45, 7) is 4.73. The second kappa shape index (κ2) is 9.71. The molecule has 0 bridgehead atoms. The molecule has 1 atom stereocenters. The fraction of sp³-hybridized carbons (Fsp3) is 0.346. The molecule has 0 radical (unpaired) electrons. The molecule has 10 nitrogen and oxygen atoms in total. The van der Waals surface area contributed by atoms with E-state index >= 15 is 0 Å². The molecular weight excluding hydrogens is 513 g/mol. The number of alkyl halides is 3. The van der Waals surface area contributed by atoms with E-state index in [-0.39, 0.29) is 29.2 Å². The van der Waals surface area contributed by atoms with Gasteiger partial charge in [0.1, 0.15) is 24.4 Å². The van der Waals surface area contributed by atoms with Gasteiger partial charge in [0.2, 0.25) is 11.8 Å². The molecule has 3 aromatic heterocycles. The van der Waals surface area contributed by atoms with Crippen LogP contribution in [0.1, 0.15) is 20.8 Å². The normalized spacial score (nSPS) is 16.5. The largest absolute Gasteiger partial charge is 0.408 e. The van der Waals surface area contributed by atoms with Crippen LogP contribution in [0, 0.1) is 5.92 Å². The molecule has 1 saturated heterocycles. The summed E-state index contributed by atoms with van der Waals surface area (Å²) < 4.78 is 42.0. The van der Waals surface area contributed by atoms with Crippen molar-refractivity contribution in [2.75, 3.05) is 23.7 Å². The summed E-state index contributed by atoms with van der Waals surface area (Å²) in [7, 11) is 0. The van der Waals surface area contributed by atoms with Crippen LogP contribution < -0.4 is 10.6 Å². The first-order valence-corrected chi connectivity index (χ1v) is 12.4. The Morgan fingerprint density at radius 1 is 1.13 bits per heavy atom. The first-order chi connectivity index (χ1) is 18.5. The van der Waals surface area contributed by atoms with Gasteiger partial charge < -0.3 is 15.5 Å². The lowest BCUT2D eigenvalue weighted by Gasteiger charge is -2.42. The van der Waals surface area contributed by atoms with Crippen molar-refractivity contribution in [3.63, 3.8) is 0 Å². The number of halogens is 3. The number of anilines is 2. The maximum atomic E-state index is 13.5. The van der Waals surface area contributed by atoms with Gasteiger partial charge in [0.05, 0.1) is 11.4 Å². The zero-order valence-corrected chi connectivity index (χ0v) is 21.6. The quantitative estimate of drug-likeness (QED) is 0.414. The molecule has 0 spiro atoms. The Bertz CT molecular complexity index is 1560. The van der Waals surface area contributed by atoms with E-state index in [1.165, 1.54) is 30.0 Å². The SMILES string of the molecule is CC(=O)N1CCN(c2cccc(-c3cc(-c4ccnn4CC(F)(F)F)c4c(N)ncnn34)c2)C(=O)C1C(C)C. The number of rotatable bonds is 5. The van der Waals surface area contributed by atoms with Crippen LogP contribution in [0.15, 0.2) is 48.9 Å². The van der Waals surface area contributed by atoms with Crippen molar-refractivity contribution in [1.29, 1.82) is 0 Å². The number of fused-ring (bicyclic) bond motifs is 1. The van der Waals surface area contributed by atoms with Gasteiger partial charge in [-0.1, -0.05) is 26.0 Å². The Kier molecular flexibility index (Phi) is 6.52. The van der Waals surface area contributed by atoms with Gasteiger partial charge in [-0.25, -0.2) is 9.50 Å². The van der Waals surface area contributed by atoms with Crippen molar-refractivity contribution >= 4 is 28.8 Å². The molecule has 2 amide bonds. The fourth-order valence-corrected chi connectivity index (χ4v) is 5.16. The molecule has 1 fully saturated rings. The number of carbonyl (C=O) groups excluding carboxylic acids is 2. The van der Waals surface area contributed by atoms with Gasteiger partial charge in [0.25, 0.3) is 0 Å². The smallest absolute Gasteiger partial charge is 0.382 e. The molecule has 1 aliphatic heterocycles. The molecule has 5 rings (SSSR count). The van der Waals surface area contributed by atoms with Crippen LogP contribution in [0.3, 0.4) is 0 Å². The van der Waals surface area contributed by atoms with E-state index in [2.05, 4.69) is 15.2 Å². The summed E-state index contributed by atoms with van der Waals surface area (Å²) in [4.78, 5) is 32.9. The number of piperazine rings is 1. The van der Waals surface area contributed by atoms with E-state index < -0.39 is 18.8 Å². The molecule has 39 heavy (non-hydrogen) atoms. The lowest BCUT2D eigenvalue weighted by atomic mass is 9.97. The highest BCUT2D eigenvalue weighted by Crippen LogP contribution is 2.36. The van der Waals surface area contributed by atoms with Crippen LogP contribution in [0.2, 0.25) is 0 Å². The molecular formula is C26H27F3N8O2. The minimum atomic E-state index is -4.47. The van der Waals surface area contributed by atoms with Crippen molar-refractivity contribution in [3.8, 4) is 22.5 Å². The lowest BCUT2D eigenvalue weighted by Crippen LogP contribution is -2.60. The Labute approximate surface area is 221 Å². The van der Waals surface area contributed by atoms with E-state index in [1.807, 2.05) is 26.0 Å². The highest BCUT2D eigenvalue weighted by Gasteiger charge is 2.38. The third-order valence-corrected chi connectivity index (χ3v) is 6.81. The Balaban J connectivity index is 1.59. The number of aromatic nitrogens is 5. The van der Waals surface area contributed by atoms with Crippen LogP contribution in [0.25, 0.3) is 28.0 Å². The topological polar surface area (TPSA) is 115 Å². The predicted octanol–water partition coefficient (Wildman–Crippen LogP) is 3.62. The molecule has 0 saturated carbocycles. The summed E-state index contributed by atoms with van der Waals surface area (Å²) in [5, 5.41) is 8.18. The van der Waals surface area contributed by atoms with Gasteiger partial charge in [-0.2, -0.15) is 23.4 Å². The number of benzene rings is 1. The molecule has 4 heterocycles. The van der Waals surface area contributed by atoms with Crippen molar-refractivity contribution in [2.45, 2.75) is 39.5 Å². The maximum Gasteiger partial charge on any atom is 0.408 e. The lowest BCUT2D eigenvalue weighted by molar-refractivity contribution is -0.142. The predicted molar refractivity (Wildman–Crippen MR) is 138 cm³/mol. The molecule has 13 heteroatoms. The van der Waals surface area contributed by atoms with Crippen LogP contribution in [-0.2, 0) is 16.1 Å². The monoisotopic (exact) mass is 540 g/mol. The average molecular weight is 541 g/mol. The second-order valence-electron chi connectivity index (χ2n) is 9.78. The summed E-state index contributed by atoms with van der Waals surface area (Å²) in [5.74, 6) is -0.306. The maximum absolute atomic E-state index is 13.5. The minimum absolute atomic E-state index is 0.0780. The standard InChI is InChI=1S/C26H27F3N8O2/c1-15(2)22-25(39)35(10-9-34(22)16(3)38)18-6-4-5-17(11-18)21-12-19(23-24(30)31-14-33-37(21)23)20-7-8-32-36(20)13-26(27,28)29/h4-8,11-12,14-15,22H,9-10,13H2,1-3H3,(H2,30,31,33). The number of nitrogen functional groups attached to an aromatic ring is 1. The van der Waals surface area contributed by atoms with Gasteiger partial charge in [-0.3, -0.25) is 14.3 Å². The van der Waals surface area contributed by atoms with E-state index in [0.717, 1.165) is 4.68 Å². The number of hydrogen-bond donors (Lipinski definition) is 1. The van der Waals surface area contributed by atoms with Crippen LogP contribution in [0.5, 0.6) is 0 Å². The first kappa shape index (κ1) is 26.2. The molecule has 4 aromatic rings. The number of amides is 2. The fourth-order valence-electron chi connectivity index (χ4n) is 5.16. The molecule has 1 aromatic carbocycles. The molecule has 2 N–H and O–H groups in total. The van der Waals surface area contributed by atoms with E-state index in [4.69, 9.17) is 5.73 Å². The zero-order chi connectivity index (χ0) is 28.1. The van der Waals surface area contributed by atoms with Crippen LogP contribution in [0.4, 0.5) is 24.7 Å². The van der Waals surface area contributed by atoms with Crippen molar-refractivity contribution in [1.82, 2.24) is 29.3 Å². The zero-order valence-electron chi connectivity index (χ0n) is 21.6. The van der Waals surface area contributed by atoms with Gasteiger partial charge >= 0.3 is 6.18 Å². The van der Waals surface area contributed by atoms with Gasteiger partial charge in [-0.15, -0.1) is 0 Å². The van der Waals surface area contributed by atoms with Gasteiger partial charge in [0.15, 0.2) is 5.82 Å². The number of hydrogen-bond acceptors (Lipinski definition) is 6. The third kappa shape index (κ3) is 4.79. The van der Waals surface area contributed by atoms with Crippen molar-refractivity contribution < 1.29 is 22.8 Å². The molecule has 1 aliphatic rings. The van der Waals surface area contributed by atoms with E-state index in [1.54, 1.807) is 28.0 Å². The summed E-state index contributed by atoms with van der Waals surface area (Å²) in [5.41, 5.74) is 8.95. The Morgan fingerprint density at radius 3 is 2.59 bits per heavy atom. The summed E-state index contributed by atoms with van der Waals surface area (Å²) >= 11 is 0. The van der Waals surface area contributed by atoms with E-state index in [9.17, 15) is 22.8 Å². The Morgan fingerprint density at radius 2 is 1.90 bits per heavy atom. The van der Waals surface area contributed by atoms with Crippen molar-refractivity contribution in [3.05, 3.63) is 48.9 Å². The van der Waals surface area contributed by atoms with Gasteiger partial charge in [0, 0.05) is 43.0 Å². The minimum Gasteiger partial charge on any atom is -0.382 e. The number of nitrogens with zero attached hydrogens (tertiary/aromatic N) is 7. The molecule has 204 valence electrons.